The minimum Gasteiger partial charge on any atom is -0.378 e. The van der Waals surface area contributed by atoms with E-state index in [9.17, 15) is 4.79 Å². The van der Waals surface area contributed by atoms with Crippen molar-refractivity contribution in [3.8, 4) is 0 Å². The molecule has 1 aromatic rings. The number of ether oxygens (including phenoxy) is 1. The normalized spacial score (nSPS) is 22.5. The van der Waals surface area contributed by atoms with Gasteiger partial charge in [0.25, 0.3) is 0 Å². The van der Waals surface area contributed by atoms with Crippen molar-refractivity contribution >= 4 is 28.9 Å². The van der Waals surface area contributed by atoms with Gasteiger partial charge < -0.3 is 20.3 Å². The van der Waals surface area contributed by atoms with E-state index in [2.05, 4.69) is 22.5 Å². The van der Waals surface area contributed by atoms with E-state index < -0.39 is 0 Å². The molecule has 0 aromatic heterocycles. The van der Waals surface area contributed by atoms with Crippen molar-refractivity contribution in [2.45, 2.75) is 26.2 Å². The Balaban J connectivity index is 1.65. The smallest absolute Gasteiger partial charge is 0.224 e. The fourth-order valence-electron chi connectivity index (χ4n) is 3.75. The summed E-state index contributed by atoms with van der Waals surface area (Å²) in [5.74, 6) is 1.02. The molecule has 2 heterocycles. The molecule has 0 aliphatic carbocycles. The maximum absolute atomic E-state index is 12.6. The number of hydrogen-bond donors (Lipinski definition) is 2. The predicted molar refractivity (Wildman–Crippen MR) is 102 cm³/mol. The third-order valence-corrected chi connectivity index (χ3v) is 5.54. The van der Waals surface area contributed by atoms with Gasteiger partial charge in [-0.05, 0) is 49.9 Å². The molecule has 5 nitrogen and oxygen atoms in total. The summed E-state index contributed by atoms with van der Waals surface area (Å²) in [5, 5.41) is 7.19. The van der Waals surface area contributed by atoms with Gasteiger partial charge in [-0.3, -0.25) is 4.79 Å². The molecule has 2 fully saturated rings. The zero-order valence-corrected chi connectivity index (χ0v) is 15.6. The minimum absolute atomic E-state index is 0.0647. The van der Waals surface area contributed by atoms with E-state index in [1.807, 2.05) is 18.2 Å². The molecule has 0 bridgehead atoms. The molecule has 2 saturated heterocycles. The Morgan fingerprint density at radius 2 is 2.24 bits per heavy atom. The number of piperidine rings is 1. The number of halogens is 1. The van der Waals surface area contributed by atoms with Crippen LogP contribution in [0.2, 0.25) is 5.02 Å². The lowest BCUT2D eigenvalue weighted by Crippen LogP contribution is -2.37. The maximum Gasteiger partial charge on any atom is 0.224 e. The maximum atomic E-state index is 12.6. The number of carbonyl (C=O) groups is 1. The number of benzene rings is 1. The van der Waals surface area contributed by atoms with Crippen molar-refractivity contribution in [3.63, 3.8) is 0 Å². The summed E-state index contributed by atoms with van der Waals surface area (Å²) >= 11 is 6.43. The van der Waals surface area contributed by atoms with Gasteiger partial charge in [0.05, 0.1) is 29.6 Å². The average molecular weight is 366 g/mol. The molecular weight excluding hydrogens is 338 g/mol. The first kappa shape index (κ1) is 18.5. The molecule has 3 rings (SSSR count). The van der Waals surface area contributed by atoms with Gasteiger partial charge in [-0.2, -0.15) is 0 Å². The lowest BCUT2D eigenvalue weighted by atomic mass is 9.85. The fourth-order valence-corrected chi connectivity index (χ4v) is 4.04. The molecule has 138 valence electrons. The first-order valence-electron chi connectivity index (χ1n) is 9.27. The van der Waals surface area contributed by atoms with Crippen LogP contribution in [0.1, 0.15) is 26.2 Å². The minimum atomic E-state index is 0.0647. The zero-order chi connectivity index (χ0) is 17.6. The molecule has 1 aromatic carbocycles. The molecule has 0 saturated carbocycles. The average Bonchev–Trinajstić information content (AvgIpc) is 2.63. The summed E-state index contributed by atoms with van der Waals surface area (Å²) in [6.45, 7) is 7.24. The van der Waals surface area contributed by atoms with Crippen LogP contribution in [0.5, 0.6) is 0 Å². The second-order valence-electron chi connectivity index (χ2n) is 7.07. The van der Waals surface area contributed by atoms with E-state index in [0.29, 0.717) is 36.5 Å². The quantitative estimate of drug-likeness (QED) is 0.841. The van der Waals surface area contributed by atoms with E-state index >= 15 is 0 Å². The largest absolute Gasteiger partial charge is 0.378 e. The van der Waals surface area contributed by atoms with Gasteiger partial charge in [0.1, 0.15) is 0 Å². The number of anilines is 2. The Hall–Kier alpha value is -1.30. The molecular formula is C19H28ClN3O2. The van der Waals surface area contributed by atoms with Crippen LogP contribution < -0.4 is 15.5 Å². The van der Waals surface area contributed by atoms with Gasteiger partial charge in [-0.1, -0.05) is 24.6 Å². The molecule has 6 heteroatoms. The Morgan fingerprint density at radius 3 is 2.96 bits per heavy atom. The first-order valence-corrected chi connectivity index (χ1v) is 9.64. The third kappa shape index (κ3) is 4.87. The van der Waals surface area contributed by atoms with E-state index in [1.54, 1.807) is 0 Å². The molecule has 2 unspecified atom stereocenters. The number of nitrogens with zero attached hydrogens (tertiary/aromatic N) is 1. The monoisotopic (exact) mass is 365 g/mol. The molecule has 2 aliphatic rings. The van der Waals surface area contributed by atoms with Crippen molar-refractivity contribution in [2.24, 2.45) is 11.8 Å². The van der Waals surface area contributed by atoms with E-state index in [0.717, 1.165) is 37.6 Å². The number of carbonyl (C=O) groups excluding carboxylic acids is 1. The van der Waals surface area contributed by atoms with Crippen LogP contribution >= 0.6 is 11.6 Å². The third-order valence-electron chi connectivity index (χ3n) is 5.24. The van der Waals surface area contributed by atoms with Crippen molar-refractivity contribution in [2.75, 3.05) is 49.6 Å². The standard InChI is InChI=1S/C19H28ClN3O2/c1-14(15-4-3-7-21-13-15)12-18(24)22-17-6-2-5-16(20)19(17)23-8-10-25-11-9-23/h2,5-6,14-15,21H,3-4,7-13H2,1H3,(H,22,24). The predicted octanol–water partition coefficient (Wildman–Crippen LogP) is 3.14. The Morgan fingerprint density at radius 1 is 1.44 bits per heavy atom. The number of nitrogens with one attached hydrogen (secondary N) is 2. The van der Waals surface area contributed by atoms with Crippen LogP contribution in [0.25, 0.3) is 0 Å². The van der Waals surface area contributed by atoms with Gasteiger partial charge in [0, 0.05) is 19.5 Å². The Kier molecular flexibility index (Phi) is 6.57. The SMILES string of the molecule is CC(CC(=O)Nc1cccc(Cl)c1N1CCOCC1)C1CCCNC1. The highest BCUT2D eigenvalue weighted by atomic mass is 35.5. The highest BCUT2D eigenvalue weighted by molar-refractivity contribution is 6.34. The van der Waals surface area contributed by atoms with Crippen molar-refractivity contribution in [1.29, 1.82) is 0 Å². The molecule has 2 atom stereocenters. The molecule has 0 spiro atoms. The van der Waals surface area contributed by atoms with Crippen LogP contribution in [0.4, 0.5) is 11.4 Å². The van der Waals surface area contributed by atoms with Crippen molar-refractivity contribution < 1.29 is 9.53 Å². The van der Waals surface area contributed by atoms with Gasteiger partial charge in [0.15, 0.2) is 0 Å². The molecule has 2 N–H and O–H groups in total. The lowest BCUT2D eigenvalue weighted by Gasteiger charge is -2.31. The van der Waals surface area contributed by atoms with Gasteiger partial charge in [-0.25, -0.2) is 0 Å². The summed E-state index contributed by atoms with van der Waals surface area (Å²) in [6.07, 6.45) is 2.95. The number of rotatable bonds is 5. The first-order chi connectivity index (χ1) is 12.1. The second kappa shape index (κ2) is 8.88. The van der Waals surface area contributed by atoms with Gasteiger partial charge >= 0.3 is 0 Å². The van der Waals surface area contributed by atoms with Crippen molar-refractivity contribution in [3.05, 3.63) is 23.2 Å². The number of amides is 1. The summed E-state index contributed by atoms with van der Waals surface area (Å²) in [4.78, 5) is 14.8. The summed E-state index contributed by atoms with van der Waals surface area (Å²) in [5.41, 5.74) is 1.71. The highest BCUT2D eigenvalue weighted by Gasteiger charge is 2.23. The van der Waals surface area contributed by atoms with Gasteiger partial charge in [0.2, 0.25) is 5.91 Å². The number of morpholine rings is 1. The van der Waals surface area contributed by atoms with Crippen LogP contribution in [0.3, 0.4) is 0 Å². The number of hydrogen-bond acceptors (Lipinski definition) is 4. The fraction of sp³-hybridized carbons (Fsp3) is 0.632. The van der Waals surface area contributed by atoms with Crippen LogP contribution in [-0.2, 0) is 9.53 Å². The van der Waals surface area contributed by atoms with Gasteiger partial charge in [-0.15, -0.1) is 0 Å². The summed E-state index contributed by atoms with van der Waals surface area (Å²) in [6, 6.07) is 5.69. The van der Waals surface area contributed by atoms with E-state index in [-0.39, 0.29) is 5.91 Å². The summed E-state index contributed by atoms with van der Waals surface area (Å²) < 4.78 is 5.42. The Bertz CT molecular complexity index is 584. The molecule has 0 radical (unpaired) electrons. The van der Waals surface area contributed by atoms with E-state index in [1.165, 1.54) is 12.8 Å². The van der Waals surface area contributed by atoms with E-state index in [4.69, 9.17) is 16.3 Å². The van der Waals surface area contributed by atoms with Crippen LogP contribution in [0, 0.1) is 11.8 Å². The molecule has 2 aliphatic heterocycles. The van der Waals surface area contributed by atoms with Crippen LogP contribution in [-0.4, -0.2) is 45.3 Å². The molecule has 25 heavy (non-hydrogen) atoms. The van der Waals surface area contributed by atoms with Crippen LogP contribution in [0.15, 0.2) is 18.2 Å². The second-order valence-corrected chi connectivity index (χ2v) is 7.48. The molecule has 1 amide bonds. The lowest BCUT2D eigenvalue weighted by molar-refractivity contribution is -0.117. The Labute approximate surface area is 155 Å². The summed E-state index contributed by atoms with van der Waals surface area (Å²) in [7, 11) is 0. The number of para-hydroxylation sites is 1. The van der Waals surface area contributed by atoms with Crippen molar-refractivity contribution in [1.82, 2.24) is 5.32 Å². The highest BCUT2D eigenvalue weighted by Crippen LogP contribution is 2.35. The zero-order valence-electron chi connectivity index (χ0n) is 14.9. The topological polar surface area (TPSA) is 53.6 Å².